The van der Waals surface area contributed by atoms with Crippen molar-refractivity contribution >= 4 is 23.8 Å². The highest BCUT2D eigenvalue weighted by Crippen LogP contribution is 1.93. The standard InChI is InChI=1S/C5H9NO4.C4H7N3O/c6-3(5(9)10)1-2-4(7)8;1-7-2-3(8)6-4(7)5/h3H,1-2,6H2,(H,7,8)(H,9,10);2H2,1H3,(H2,5,6,8). The average molecular weight is 260 g/mol. The lowest BCUT2D eigenvalue weighted by molar-refractivity contribution is -0.139. The van der Waals surface area contributed by atoms with Crippen molar-refractivity contribution in [3.05, 3.63) is 0 Å². The van der Waals surface area contributed by atoms with Gasteiger partial charge in [0.2, 0.25) is 5.91 Å². The molecule has 1 amide bonds. The van der Waals surface area contributed by atoms with E-state index in [9.17, 15) is 14.4 Å². The fourth-order valence-corrected chi connectivity index (χ4v) is 0.964. The number of carbonyl (C=O) groups excluding carboxylic acids is 1. The maximum Gasteiger partial charge on any atom is 0.320 e. The second-order valence-electron chi connectivity index (χ2n) is 3.63. The summed E-state index contributed by atoms with van der Waals surface area (Å²) < 4.78 is 0. The van der Waals surface area contributed by atoms with Crippen LogP contribution in [0.3, 0.4) is 0 Å². The zero-order chi connectivity index (χ0) is 14.3. The predicted molar refractivity (Wildman–Crippen MR) is 61.0 cm³/mol. The third kappa shape index (κ3) is 6.43. The highest BCUT2D eigenvalue weighted by atomic mass is 16.4. The van der Waals surface area contributed by atoms with Crippen LogP contribution in [-0.4, -0.2) is 58.6 Å². The highest BCUT2D eigenvalue weighted by molar-refractivity contribution is 6.02. The number of nitrogens with one attached hydrogen (secondary N) is 2. The van der Waals surface area contributed by atoms with Crippen LogP contribution in [0.15, 0.2) is 0 Å². The fraction of sp³-hybridized carbons (Fsp3) is 0.556. The van der Waals surface area contributed by atoms with Gasteiger partial charge in [-0.25, -0.2) is 0 Å². The van der Waals surface area contributed by atoms with Gasteiger partial charge in [0.05, 0.1) is 6.54 Å². The molecular formula is C9H16N4O5. The fourth-order valence-electron chi connectivity index (χ4n) is 0.964. The third-order valence-corrected chi connectivity index (χ3v) is 2.01. The lowest BCUT2D eigenvalue weighted by Crippen LogP contribution is -2.30. The number of likely N-dealkylation sites (N-methyl/N-ethyl adjacent to an activating group) is 1. The van der Waals surface area contributed by atoms with Crippen LogP contribution in [0.2, 0.25) is 0 Å². The van der Waals surface area contributed by atoms with Crippen LogP contribution in [0.5, 0.6) is 0 Å². The summed E-state index contributed by atoms with van der Waals surface area (Å²) in [6.07, 6.45) is -0.224. The first kappa shape index (κ1) is 15.8. The van der Waals surface area contributed by atoms with Gasteiger partial charge in [-0.05, 0) is 6.42 Å². The van der Waals surface area contributed by atoms with E-state index in [-0.39, 0.29) is 24.7 Å². The van der Waals surface area contributed by atoms with Gasteiger partial charge in [-0.15, -0.1) is 0 Å². The summed E-state index contributed by atoms with van der Waals surface area (Å²) in [5.41, 5.74) is 5.00. The van der Waals surface area contributed by atoms with Gasteiger partial charge in [0.25, 0.3) is 0 Å². The Kier molecular flexibility index (Phi) is 6.35. The van der Waals surface area contributed by atoms with E-state index in [1.54, 1.807) is 11.9 Å². The maximum absolute atomic E-state index is 10.4. The Balaban J connectivity index is 0.000000327. The smallest absolute Gasteiger partial charge is 0.320 e. The first-order valence-corrected chi connectivity index (χ1v) is 5.03. The largest absolute Gasteiger partial charge is 0.481 e. The Hall–Kier alpha value is -2.16. The molecule has 1 aliphatic rings. The number of nitrogens with two attached hydrogens (primary N) is 1. The normalized spacial score (nSPS) is 15.6. The number of amides is 1. The Morgan fingerprint density at radius 1 is 1.56 bits per heavy atom. The molecule has 1 atom stereocenters. The molecule has 102 valence electrons. The number of aliphatic carboxylic acids is 2. The molecule has 1 heterocycles. The number of hydrogen-bond donors (Lipinski definition) is 5. The van der Waals surface area contributed by atoms with Crippen molar-refractivity contribution in [2.75, 3.05) is 13.6 Å². The lowest BCUT2D eigenvalue weighted by Gasteiger charge is -2.03. The number of carboxylic acids is 2. The molecule has 9 heteroatoms. The molecule has 1 rings (SSSR count). The quantitative estimate of drug-likeness (QED) is 0.401. The summed E-state index contributed by atoms with van der Waals surface area (Å²) in [6.45, 7) is 0.318. The Morgan fingerprint density at radius 3 is 2.33 bits per heavy atom. The van der Waals surface area contributed by atoms with Crippen molar-refractivity contribution in [2.45, 2.75) is 18.9 Å². The van der Waals surface area contributed by atoms with Gasteiger partial charge >= 0.3 is 11.9 Å². The molecule has 6 N–H and O–H groups in total. The van der Waals surface area contributed by atoms with Crippen LogP contribution in [-0.2, 0) is 14.4 Å². The minimum Gasteiger partial charge on any atom is -0.481 e. The summed E-state index contributed by atoms with van der Waals surface area (Å²) >= 11 is 0. The maximum atomic E-state index is 10.4. The van der Waals surface area contributed by atoms with Crippen LogP contribution in [0.1, 0.15) is 12.8 Å². The van der Waals surface area contributed by atoms with Crippen molar-refractivity contribution in [2.24, 2.45) is 5.73 Å². The first-order valence-electron chi connectivity index (χ1n) is 5.03. The number of nitrogens with zero attached hydrogens (tertiary/aromatic N) is 1. The highest BCUT2D eigenvalue weighted by Gasteiger charge is 2.18. The molecule has 0 aromatic heterocycles. The zero-order valence-corrected chi connectivity index (χ0v) is 9.84. The van der Waals surface area contributed by atoms with Crippen molar-refractivity contribution < 1.29 is 24.6 Å². The molecule has 1 unspecified atom stereocenters. The number of carbonyl (C=O) groups is 3. The molecule has 1 saturated heterocycles. The van der Waals surface area contributed by atoms with Crippen LogP contribution < -0.4 is 11.1 Å². The van der Waals surface area contributed by atoms with E-state index in [0.29, 0.717) is 6.54 Å². The van der Waals surface area contributed by atoms with Crippen molar-refractivity contribution in [1.29, 1.82) is 5.41 Å². The average Bonchev–Trinajstić information content (AvgIpc) is 2.53. The van der Waals surface area contributed by atoms with Gasteiger partial charge in [-0.3, -0.25) is 25.1 Å². The van der Waals surface area contributed by atoms with Gasteiger partial charge < -0.3 is 20.8 Å². The third-order valence-electron chi connectivity index (χ3n) is 2.01. The van der Waals surface area contributed by atoms with Crippen LogP contribution in [0.25, 0.3) is 0 Å². The van der Waals surface area contributed by atoms with Gasteiger partial charge in [-0.1, -0.05) is 0 Å². The molecule has 1 aliphatic heterocycles. The molecule has 18 heavy (non-hydrogen) atoms. The first-order chi connectivity index (χ1) is 8.23. The van der Waals surface area contributed by atoms with Gasteiger partial charge in [0.15, 0.2) is 5.96 Å². The Bertz CT molecular complexity index is 357. The van der Waals surface area contributed by atoms with Gasteiger partial charge in [-0.2, -0.15) is 0 Å². The number of rotatable bonds is 4. The molecule has 0 aliphatic carbocycles. The second kappa shape index (κ2) is 7.22. The molecule has 0 spiro atoms. The molecule has 9 nitrogen and oxygen atoms in total. The SMILES string of the molecule is CN1CC(=O)NC1=N.NC(CCC(=O)O)C(=O)O. The van der Waals surface area contributed by atoms with E-state index in [2.05, 4.69) is 5.32 Å². The minimum atomic E-state index is -1.17. The monoisotopic (exact) mass is 260 g/mol. The van der Waals surface area contributed by atoms with Crippen LogP contribution >= 0.6 is 0 Å². The number of guanidine groups is 1. The van der Waals surface area contributed by atoms with E-state index >= 15 is 0 Å². The van der Waals surface area contributed by atoms with Crippen LogP contribution in [0.4, 0.5) is 0 Å². The molecule has 0 bridgehead atoms. The van der Waals surface area contributed by atoms with Gasteiger partial charge in [0.1, 0.15) is 6.04 Å². The molecular weight excluding hydrogens is 244 g/mol. The molecule has 1 fully saturated rings. The molecule has 0 aromatic carbocycles. The molecule has 0 radical (unpaired) electrons. The lowest BCUT2D eigenvalue weighted by atomic mass is 10.2. The van der Waals surface area contributed by atoms with Gasteiger partial charge in [0, 0.05) is 13.5 Å². The van der Waals surface area contributed by atoms with E-state index in [0.717, 1.165) is 0 Å². The van der Waals surface area contributed by atoms with E-state index in [1.165, 1.54) is 0 Å². The summed E-state index contributed by atoms with van der Waals surface area (Å²) in [7, 11) is 1.69. The number of carboxylic acid groups (broad SMARTS) is 2. The number of hydrogen-bond acceptors (Lipinski definition) is 5. The Labute approximate surface area is 103 Å². The minimum absolute atomic E-state index is 0.0231. The Morgan fingerprint density at radius 2 is 2.11 bits per heavy atom. The van der Waals surface area contributed by atoms with Crippen molar-refractivity contribution in [1.82, 2.24) is 10.2 Å². The summed E-state index contributed by atoms with van der Waals surface area (Å²) in [6, 6.07) is -1.06. The van der Waals surface area contributed by atoms with E-state index in [4.69, 9.17) is 21.4 Å². The van der Waals surface area contributed by atoms with Crippen molar-refractivity contribution in [3.63, 3.8) is 0 Å². The summed E-state index contributed by atoms with van der Waals surface area (Å²) in [4.78, 5) is 31.8. The summed E-state index contributed by atoms with van der Waals surface area (Å²) in [5.74, 6) is -2.11. The topological polar surface area (TPSA) is 157 Å². The van der Waals surface area contributed by atoms with E-state index < -0.39 is 18.0 Å². The second-order valence-corrected chi connectivity index (χ2v) is 3.63. The van der Waals surface area contributed by atoms with Crippen molar-refractivity contribution in [3.8, 4) is 0 Å². The predicted octanol–water partition coefficient (Wildman–Crippen LogP) is -1.75. The molecule has 0 aromatic rings. The van der Waals surface area contributed by atoms with E-state index in [1.807, 2.05) is 0 Å². The summed E-state index contributed by atoms with van der Waals surface area (Å²) in [5, 5.41) is 25.6. The molecule has 0 saturated carbocycles. The van der Waals surface area contributed by atoms with Crippen LogP contribution in [0, 0.1) is 5.41 Å². The zero-order valence-electron chi connectivity index (χ0n) is 9.84.